The highest BCUT2D eigenvalue weighted by atomic mass is 16.2. The summed E-state index contributed by atoms with van der Waals surface area (Å²) in [6, 6.07) is 0.227. The van der Waals surface area contributed by atoms with E-state index in [0.29, 0.717) is 6.54 Å². The van der Waals surface area contributed by atoms with Gasteiger partial charge in [0.15, 0.2) is 0 Å². The zero-order valence-corrected chi connectivity index (χ0v) is 8.72. The first-order valence-electron chi connectivity index (χ1n) is 4.30. The lowest BCUT2D eigenvalue weighted by Gasteiger charge is -2.32. The number of amides is 1. The fourth-order valence-electron chi connectivity index (χ4n) is 1.10. The highest BCUT2D eigenvalue weighted by Crippen LogP contribution is 2.05. The van der Waals surface area contributed by atoms with Gasteiger partial charge in [-0.2, -0.15) is 0 Å². The lowest BCUT2D eigenvalue weighted by atomic mass is 10.1. The van der Waals surface area contributed by atoms with Crippen LogP contribution in [0.1, 0.15) is 34.6 Å². The molecule has 0 heterocycles. The minimum Gasteiger partial charge on any atom is -0.339 e. The van der Waals surface area contributed by atoms with Crippen molar-refractivity contribution in [2.75, 3.05) is 6.54 Å². The number of carbonyl (C=O) groups is 1. The summed E-state index contributed by atoms with van der Waals surface area (Å²) in [4.78, 5) is 12.9. The third-order valence-corrected chi connectivity index (χ3v) is 1.61. The number of nitrogens with zero attached hydrogens (tertiary/aromatic N) is 1. The number of hydrogen-bond acceptors (Lipinski definition) is 2. The van der Waals surface area contributed by atoms with Gasteiger partial charge < -0.3 is 10.6 Å². The molecule has 0 aromatic heterocycles. The van der Waals surface area contributed by atoms with Crippen LogP contribution in [-0.4, -0.2) is 28.9 Å². The second kappa shape index (κ2) is 3.90. The van der Waals surface area contributed by atoms with Crippen molar-refractivity contribution in [1.82, 2.24) is 4.90 Å². The first kappa shape index (κ1) is 11.4. The topological polar surface area (TPSA) is 46.3 Å². The Kier molecular flexibility index (Phi) is 3.71. The van der Waals surface area contributed by atoms with Gasteiger partial charge in [0.2, 0.25) is 5.91 Å². The molecular formula is C9H20N2O. The van der Waals surface area contributed by atoms with E-state index in [1.165, 1.54) is 0 Å². The van der Waals surface area contributed by atoms with Gasteiger partial charge in [-0.3, -0.25) is 4.79 Å². The van der Waals surface area contributed by atoms with E-state index in [0.717, 1.165) is 0 Å². The van der Waals surface area contributed by atoms with Crippen LogP contribution in [0.25, 0.3) is 0 Å². The molecule has 1 amide bonds. The number of carbonyl (C=O) groups excluding carboxylic acids is 1. The van der Waals surface area contributed by atoms with Crippen molar-refractivity contribution in [1.29, 1.82) is 0 Å². The van der Waals surface area contributed by atoms with Crippen LogP contribution in [-0.2, 0) is 4.79 Å². The molecule has 0 rings (SSSR count). The number of rotatable bonds is 3. The first-order valence-corrected chi connectivity index (χ1v) is 4.30. The molecule has 0 atom stereocenters. The fraction of sp³-hybridized carbons (Fsp3) is 0.889. The molecule has 3 nitrogen and oxygen atoms in total. The van der Waals surface area contributed by atoms with Gasteiger partial charge in [-0.05, 0) is 27.7 Å². The summed E-state index contributed by atoms with van der Waals surface area (Å²) in [6.45, 7) is 10.0. The van der Waals surface area contributed by atoms with Crippen molar-refractivity contribution in [3.8, 4) is 0 Å². The lowest BCUT2D eigenvalue weighted by Crippen LogP contribution is -2.49. The molecule has 0 saturated heterocycles. The first-order chi connectivity index (χ1) is 5.24. The van der Waals surface area contributed by atoms with E-state index in [4.69, 9.17) is 5.73 Å². The normalized spacial score (nSPS) is 11.9. The molecule has 3 heteroatoms. The molecule has 0 aliphatic carbocycles. The maximum absolute atomic E-state index is 11.1. The summed E-state index contributed by atoms with van der Waals surface area (Å²) in [5.41, 5.74) is 5.51. The predicted molar refractivity (Wildman–Crippen MR) is 50.8 cm³/mol. The van der Waals surface area contributed by atoms with Crippen molar-refractivity contribution >= 4 is 5.91 Å². The average Bonchev–Trinajstić information content (AvgIpc) is 1.79. The molecule has 0 radical (unpaired) electrons. The molecule has 0 fully saturated rings. The Bertz CT molecular complexity index is 158. The quantitative estimate of drug-likeness (QED) is 0.689. The van der Waals surface area contributed by atoms with Gasteiger partial charge in [0, 0.05) is 25.0 Å². The van der Waals surface area contributed by atoms with Crippen LogP contribution in [0.15, 0.2) is 0 Å². The van der Waals surface area contributed by atoms with E-state index in [2.05, 4.69) is 0 Å². The van der Waals surface area contributed by atoms with Crippen LogP contribution in [0.5, 0.6) is 0 Å². The Balaban J connectivity index is 4.25. The van der Waals surface area contributed by atoms with Gasteiger partial charge in [-0.15, -0.1) is 0 Å². The molecule has 0 bridgehead atoms. The lowest BCUT2D eigenvalue weighted by molar-refractivity contribution is -0.131. The van der Waals surface area contributed by atoms with Gasteiger partial charge in [0.25, 0.3) is 0 Å². The fourth-order valence-corrected chi connectivity index (χ4v) is 1.10. The standard InChI is InChI=1S/C9H20N2O/c1-7(2)11(8(3)12)6-9(4,5)10/h7H,6,10H2,1-5H3. The van der Waals surface area contributed by atoms with Crippen molar-refractivity contribution in [3.05, 3.63) is 0 Å². The van der Waals surface area contributed by atoms with Crippen molar-refractivity contribution in [2.24, 2.45) is 5.73 Å². The Morgan fingerprint density at radius 2 is 1.92 bits per heavy atom. The third kappa shape index (κ3) is 4.34. The summed E-state index contributed by atoms with van der Waals surface area (Å²) in [5.74, 6) is 0.0866. The molecule has 0 aromatic carbocycles. The molecule has 0 saturated carbocycles. The molecule has 0 unspecified atom stereocenters. The molecule has 0 aliphatic rings. The van der Waals surface area contributed by atoms with E-state index in [-0.39, 0.29) is 17.5 Å². The second-order valence-corrected chi connectivity index (χ2v) is 4.23. The Morgan fingerprint density at radius 1 is 1.50 bits per heavy atom. The van der Waals surface area contributed by atoms with E-state index in [1.54, 1.807) is 11.8 Å². The molecule has 0 aromatic rings. The maximum atomic E-state index is 11.1. The van der Waals surface area contributed by atoms with Crippen LogP contribution in [0, 0.1) is 0 Å². The Hall–Kier alpha value is -0.570. The zero-order chi connectivity index (χ0) is 9.94. The summed E-state index contributed by atoms with van der Waals surface area (Å²) in [7, 11) is 0. The second-order valence-electron chi connectivity index (χ2n) is 4.23. The summed E-state index contributed by atoms with van der Waals surface area (Å²) in [6.07, 6.45) is 0. The van der Waals surface area contributed by atoms with Crippen LogP contribution >= 0.6 is 0 Å². The molecule has 2 N–H and O–H groups in total. The van der Waals surface area contributed by atoms with Gasteiger partial charge in [0.05, 0.1) is 0 Å². The average molecular weight is 172 g/mol. The Morgan fingerprint density at radius 3 is 2.00 bits per heavy atom. The molecule has 72 valence electrons. The monoisotopic (exact) mass is 172 g/mol. The predicted octanol–water partition coefficient (Wildman–Crippen LogP) is 0.981. The number of hydrogen-bond donors (Lipinski definition) is 1. The SMILES string of the molecule is CC(=O)N(CC(C)(C)N)C(C)C. The minimum atomic E-state index is -0.310. The highest BCUT2D eigenvalue weighted by Gasteiger charge is 2.20. The van der Waals surface area contributed by atoms with Gasteiger partial charge in [-0.1, -0.05) is 0 Å². The van der Waals surface area contributed by atoms with Crippen LogP contribution in [0.2, 0.25) is 0 Å². The maximum Gasteiger partial charge on any atom is 0.219 e. The molecule has 0 aliphatic heterocycles. The van der Waals surface area contributed by atoms with Crippen molar-refractivity contribution in [3.63, 3.8) is 0 Å². The Labute approximate surface area is 74.9 Å². The van der Waals surface area contributed by atoms with E-state index < -0.39 is 0 Å². The molecular weight excluding hydrogens is 152 g/mol. The van der Waals surface area contributed by atoms with Crippen LogP contribution in [0.4, 0.5) is 0 Å². The minimum absolute atomic E-state index is 0.0866. The summed E-state index contributed by atoms with van der Waals surface area (Å²) < 4.78 is 0. The summed E-state index contributed by atoms with van der Waals surface area (Å²) >= 11 is 0. The van der Waals surface area contributed by atoms with Crippen molar-refractivity contribution in [2.45, 2.75) is 46.2 Å². The van der Waals surface area contributed by atoms with Crippen molar-refractivity contribution < 1.29 is 4.79 Å². The number of nitrogens with two attached hydrogens (primary N) is 1. The van der Waals surface area contributed by atoms with E-state index in [9.17, 15) is 4.79 Å². The van der Waals surface area contributed by atoms with Gasteiger partial charge >= 0.3 is 0 Å². The summed E-state index contributed by atoms with van der Waals surface area (Å²) in [5, 5.41) is 0. The van der Waals surface area contributed by atoms with E-state index in [1.807, 2.05) is 27.7 Å². The van der Waals surface area contributed by atoms with E-state index >= 15 is 0 Å². The van der Waals surface area contributed by atoms with Gasteiger partial charge in [0.1, 0.15) is 0 Å². The zero-order valence-electron chi connectivity index (χ0n) is 8.72. The van der Waals surface area contributed by atoms with Crippen LogP contribution < -0.4 is 5.73 Å². The van der Waals surface area contributed by atoms with Gasteiger partial charge in [-0.25, -0.2) is 0 Å². The largest absolute Gasteiger partial charge is 0.339 e. The smallest absolute Gasteiger partial charge is 0.219 e. The highest BCUT2D eigenvalue weighted by molar-refractivity contribution is 5.73. The molecule has 12 heavy (non-hydrogen) atoms. The van der Waals surface area contributed by atoms with Crippen LogP contribution in [0.3, 0.4) is 0 Å². The molecule has 0 spiro atoms. The third-order valence-electron chi connectivity index (χ3n) is 1.61.